The molecule has 14 heteroatoms. The van der Waals surface area contributed by atoms with Crippen molar-refractivity contribution < 1.29 is 63.0 Å². The van der Waals surface area contributed by atoms with Crippen molar-refractivity contribution in [2.45, 2.75) is 167 Å². The zero-order chi connectivity index (χ0) is 47.0. The number of carbonyl (C=O) groups excluding carboxylic acids is 5. The van der Waals surface area contributed by atoms with Gasteiger partial charge in [-0.1, -0.05) is 64.2 Å². The molecule has 16 atom stereocenters. The third-order valence-electron chi connectivity index (χ3n) is 14.9. The van der Waals surface area contributed by atoms with Crippen LogP contribution in [0.2, 0.25) is 0 Å². The number of rotatable bonds is 5. The Labute approximate surface area is 379 Å². The number of piperidine rings is 1. The lowest BCUT2D eigenvalue weighted by Crippen LogP contribution is -2.65. The maximum Gasteiger partial charge on any atom is 0.329 e. The Bertz CT molecular complexity index is 1790. The standard InChI is InChI=1S/C50H75NO13/c1-28-14-11-10-12-15-29(2)40(60-7)26-35-19-17-33(6)50(59,64-35)47(56)48(57)51-21-13-16-36-37(24-34-18-20-38(52)42(25-34)61-8)41(63-49(58)43(36)51)27-39(53)30(3)23-32(5)45(55)46(62-9)44(54)31(4)22-28/h10-12,14-15,23,28,30-31,33-38,40-43,45-46,52,55,59H,13,16-22,24-27H2,1-9H3/b12-10+,14-11+,29-15+,32-23-/t28-,30+,31-,33-,34-,35+,36-,37?,38-,40+,41+,42-,43+,45-,46+,50-/m1/s1. The van der Waals surface area contributed by atoms with Crippen LogP contribution in [-0.2, 0) is 47.7 Å². The first-order chi connectivity index (χ1) is 30.3. The summed E-state index contributed by atoms with van der Waals surface area (Å²) in [5, 5.41) is 34.1. The van der Waals surface area contributed by atoms with Gasteiger partial charge in [0.05, 0.1) is 24.4 Å². The molecule has 4 aliphatic heterocycles. The number of methoxy groups -OCH3 is 3. The Kier molecular flexibility index (Phi) is 18.5. The molecule has 4 heterocycles. The van der Waals surface area contributed by atoms with Gasteiger partial charge in [-0.3, -0.25) is 19.2 Å². The minimum Gasteiger partial charge on any atom is -0.460 e. The summed E-state index contributed by atoms with van der Waals surface area (Å²) in [6.07, 6.45) is 10.8. The number of amides is 1. The number of hydrogen-bond donors (Lipinski definition) is 3. The van der Waals surface area contributed by atoms with Crippen molar-refractivity contribution in [2.75, 3.05) is 27.9 Å². The number of nitrogens with zero attached hydrogens (tertiary/aromatic N) is 1. The third kappa shape index (κ3) is 12.0. The fourth-order valence-corrected chi connectivity index (χ4v) is 10.9. The molecular weight excluding hydrogens is 823 g/mol. The first kappa shape index (κ1) is 51.6. The van der Waals surface area contributed by atoms with E-state index in [1.54, 1.807) is 41.1 Å². The Morgan fingerprint density at radius 2 is 1.58 bits per heavy atom. The highest BCUT2D eigenvalue weighted by Gasteiger charge is 2.57. The molecule has 14 nitrogen and oxygen atoms in total. The molecule has 1 saturated carbocycles. The molecule has 358 valence electrons. The number of esters is 1. The van der Waals surface area contributed by atoms with Crippen LogP contribution in [-0.4, -0.2) is 132 Å². The zero-order valence-corrected chi connectivity index (χ0v) is 39.5. The molecule has 0 aromatic heterocycles. The normalized spacial score (nSPS) is 43.2. The molecule has 1 unspecified atom stereocenters. The molecule has 0 spiro atoms. The van der Waals surface area contributed by atoms with E-state index in [-0.39, 0.29) is 42.5 Å². The minimum absolute atomic E-state index is 0.0231. The van der Waals surface area contributed by atoms with Gasteiger partial charge in [0.2, 0.25) is 5.79 Å². The van der Waals surface area contributed by atoms with Gasteiger partial charge in [0.1, 0.15) is 30.1 Å². The van der Waals surface area contributed by atoms with Gasteiger partial charge in [-0.05, 0) is 101 Å². The van der Waals surface area contributed by atoms with Gasteiger partial charge < -0.3 is 43.9 Å². The van der Waals surface area contributed by atoms with E-state index in [1.807, 2.05) is 51.2 Å². The first-order valence-corrected chi connectivity index (χ1v) is 23.5. The van der Waals surface area contributed by atoms with Crippen LogP contribution in [0.1, 0.15) is 112 Å². The lowest BCUT2D eigenvalue weighted by atomic mass is 9.68. The summed E-state index contributed by atoms with van der Waals surface area (Å²) in [4.78, 5) is 72.0. The second-order valence-corrected chi connectivity index (χ2v) is 19.5. The highest BCUT2D eigenvalue weighted by atomic mass is 16.6. The maximum atomic E-state index is 14.4. The van der Waals surface area contributed by atoms with Gasteiger partial charge in [-0.15, -0.1) is 0 Å². The van der Waals surface area contributed by atoms with E-state index in [4.69, 9.17) is 23.7 Å². The summed E-state index contributed by atoms with van der Waals surface area (Å²) in [6, 6.07) is -1.12. The predicted molar refractivity (Wildman–Crippen MR) is 238 cm³/mol. The number of carbonyl (C=O) groups is 5. The number of Topliss-reactive ketones (excluding diaryl/α,β-unsaturated/α-hetero) is 3. The second-order valence-electron chi connectivity index (χ2n) is 19.5. The molecule has 3 saturated heterocycles. The van der Waals surface area contributed by atoms with Crippen molar-refractivity contribution in [3.63, 3.8) is 0 Å². The molecule has 5 aliphatic rings. The van der Waals surface area contributed by atoms with Crippen LogP contribution < -0.4 is 0 Å². The van der Waals surface area contributed by atoms with Gasteiger partial charge in [0, 0.05) is 64.4 Å². The van der Waals surface area contributed by atoms with E-state index in [0.29, 0.717) is 69.8 Å². The van der Waals surface area contributed by atoms with Crippen molar-refractivity contribution in [3.05, 3.63) is 47.6 Å². The Morgan fingerprint density at radius 3 is 2.27 bits per heavy atom. The summed E-state index contributed by atoms with van der Waals surface area (Å²) in [5.74, 6) is -8.43. The highest BCUT2D eigenvalue weighted by molar-refractivity contribution is 6.39. The molecule has 3 N–H and O–H groups in total. The van der Waals surface area contributed by atoms with Gasteiger partial charge in [0.15, 0.2) is 5.78 Å². The molecule has 0 aromatic rings. The number of ketones is 3. The zero-order valence-electron chi connectivity index (χ0n) is 39.5. The summed E-state index contributed by atoms with van der Waals surface area (Å²) in [5.41, 5.74) is 1.28. The van der Waals surface area contributed by atoms with Crippen LogP contribution in [0.5, 0.6) is 0 Å². The number of ether oxygens (including phenoxy) is 5. The van der Waals surface area contributed by atoms with Crippen LogP contribution in [0, 0.1) is 41.4 Å². The molecule has 4 fully saturated rings. The average molecular weight is 898 g/mol. The van der Waals surface area contributed by atoms with Crippen molar-refractivity contribution in [3.8, 4) is 0 Å². The fraction of sp³-hybridized carbons (Fsp3) is 0.740. The fourth-order valence-electron chi connectivity index (χ4n) is 10.9. The van der Waals surface area contributed by atoms with E-state index in [1.165, 1.54) is 12.0 Å². The van der Waals surface area contributed by atoms with Gasteiger partial charge >= 0.3 is 5.97 Å². The lowest BCUT2D eigenvalue weighted by Gasteiger charge is -2.50. The number of hydrogen-bond acceptors (Lipinski definition) is 13. The molecule has 1 amide bonds. The lowest BCUT2D eigenvalue weighted by molar-refractivity contribution is -0.266. The molecule has 0 radical (unpaired) electrons. The van der Waals surface area contributed by atoms with E-state index in [9.17, 15) is 39.3 Å². The number of fused-ring (bicyclic) bond motifs is 4. The summed E-state index contributed by atoms with van der Waals surface area (Å²) in [7, 11) is 4.52. The smallest absolute Gasteiger partial charge is 0.329 e. The largest absolute Gasteiger partial charge is 0.460 e. The predicted octanol–water partition coefficient (Wildman–Crippen LogP) is 5.40. The van der Waals surface area contributed by atoms with Crippen molar-refractivity contribution in [1.82, 2.24) is 4.90 Å². The Hall–Kier alpha value is -3.37. The third-order valence-corrected chi connectivity index (χ3v) is 14.9. The maximum absolute atomic E-state index is 14.4. The molecule has 5 rings (SSSR count). The van der Waals surface area contributed by atoms with Crippen LogP contribution in [0.15, 0.2) is 47.6 Å². The quantitative estimate of drug-likeness (QED) is 0.181. The number of aliphatic hydroxyl groups excluding tert-OH is 2. The highest BCUT2D eigenvalue weighted by Crippen LogP contribution is 2.45. The Balaban J connectivity index is 1.51. The Morgan fingerprint density at radius 1 is 0.844 bits per heavy atom. The van der Waals surface area contributed by atoms with Crippen molar-refractivity contribution in [1.29, 1.82) is 0 Å². The van der Waals surface area contributed by atoms with Gasteiger partial charge in [0.25, 0.3) is 11.7 Å². The molecule has 4 bridgehead atoms. The van der Waals surface area contributed by atoms with E-state index < -0.39 is 95.7 Å². The summed E-state index contributed by atoms with van der Waals surface area (Å²) < 4.78 is 29.4. The SMILES string of the molecule is CO[C@H]1C[C@@H]2CC[C@@H](C)[C@@](O)(O2)C(=O)C(=O)N2CCC[C@@H]3C(C[C@H]4CC[C@@H](O)[C@H](OC)C4)[C@H](CC(=O)[C@@H](C)/C=C(/C)[C@@H](O)[C@@H](OC)C(=O)[C@H](C)C[C@H](C)/C=C/C=C/C=C/1C)OC(=O)[C@H]32. The summed E-state index contributed by atoms with van der Waals surface area (Å²) >= 11 is 0. The first-order valence-electron chi connectivity index (χ1n) is 23.5. The average Bonchev–Trinajstić information content (AvgIpc) is 3.27. The van der Waals surface area contributed by atoms with Gasteiger partial charge in [-0.2, -0.15) is 0 Å². The number of aliphatic hydroxyl groups is 3. The van der Waals surface area contributed by atoms with Crippen LogP contribution >= 0.6 is 0 Å². The van der Waals surface area contributed by atoms with Crippen molar-refractivity contribution in [2.24, 2.45) is 41.4 Å². The van der Waals surface area contributed by atoms with E-state index in [2.05, 4.69) is 0 Å². The minimum atomic E-state index is -2.43. The van der Waals surface area contributed by atoms with E-state index >= 15 is 0 Å². The number of allylic oxidation sites excluding steroid dienone is 6. The van der Waals surface area contributed by atoms with Gasteiger partial charge in [-0.25, -0.2) is 4.79 Å². The molecular formula is C50H75NO13. The monoisotopic (exact) mass is 898 g/mol. The van der Waals surface area contributed by atoms with E-state index in [0.717, 1.165) is 5.57 Å². The molecule has 0 aromatic carbocycles. The second kappa shape index (κ2) is 22.9. The van der Waals surface area contributed by atoms with Crippen LogP contribution in [0.25, 0.3) is 0 Å². The molecule has 1 aliphatic carbocycles. The topological polar surface area (TPSA) is 195 Å². The van der Waals surface area contributed by atoms with Crippen LogP contribution in [0.4, 0.5) is 0 Å². The van der Waals surface area contributed by atoms with Crippen molar-refractivity contribution >= 4 is 29.2 Å². The summed E-state index contributed by atoms with van der Waals surface area (Å²) in [6.45, 7) is 10.9. The molecule has 64 heavy (non-hydrogen) atoms. The van der Waals surface area contributed by atoms with Crippen LogP contribution in [0.3, 0.4) is 0 Å².